The lowest BCUT2D eigenvalue weighted by Crippen LogP contribution is -2.29. The highest BCUT2D eigenvalue weighted by Gasteiger charge is 2.18. The summed E-state index contributed by atoms with van der Waals surface area (Å²) in [6.45, 7) is 0.229. The smallest absolute Gasteiger partial charge is 0.263 e. The zero-order valence-corrected chi connectivity index (χ0v) is 15.3. The van der Waals surface area contributed by atoms with Crippen molar-refractivity contribution >= 4 is 27.5 Å². The second kappa shape index (κ2) is 7.79. The normalized spacial score (nSPS) is 10.7. The van der Waals surface area contributed by atoms with E-state index in [-0.39, 0.29) is 12.1 Å². The van der Waals surface area contributed by atoms with Crippen LogP contribution in [0.4, 0.5) is 18.9 Å². The second-order valence-electron chi connectivity index (χ2n) is 5.66. The van der Waals surface area contributed by atoms with Crippen molar-refractivity contribution in [2.75, 3.05) is 5.32 Å². The van der Waals surface area contributed by atoms with Crippen LogP contribution in [-0.2, 0) is 6.54 Å². The van der Waals surface area contributed by atoms with Crippen LogP contribution < -0.4 is 10.9 Å². The highest BCUT2D eigenvalue weighted by atomic mass is 79.9. The number of benzene rings is 2. The standard InChI is InChI=1S/C19H12BrF3N2O2/c20-12-5-3-11(4-6-12)10-25-9-1-2-13(19(25)27)18(26)24-15-8-7-14(21)16(22)17(15)23/h1-9H,10H2,(H,24,26). The van der Waals surface area contributed by atoms with Crippen molar-refractivity contribution in [2.24, 2.45) is 0 Å². The number of amides is 1. The van der Waals surface area contributed by atoms with E-state index in [9.17, 15) is 22.8 Å². The molecular formula is C19H12BrF3N2O2. The first-order valence-electron chi connectivity index (χ1n) is 7.75. The lowest BCUT2D eigenvalue weighted by Gasteiger charge is -2.10. The van der Waals surface area contributed by atoms with Crippen LogP contribution in [0.2, 0.25) is 0 Å². The van der Waals surface area contributed by atoms with Gasteiger partial charge in [0.2, 0.25) is 0 Å². The van der Waals surface area contributed by atoms with Gasteiger partial charge in [0.05, 0.1) is 12.2 Å². The van der Waals surface area contributed by atoms with Gasteiger partial charge in [-0.05, 0) is 42.0 Å². The molecule has 3 rings (SSSR count). The maximum absolute atomic E-state index is 13.7. The van der Waals surface area contributed by atoms with Gasteiger partial charge < -0.3 is 9.88 Å². The van der Waals surface area contributed by atoms with Crippen molar-refractivity contribution in [3.05, 3.63) is 98.1 Å². The molecule has 1 amide bonds. The monoisotopic (exact) mass is 436 g/mol. The molecule has 8 heteroatoms. The summed E-state index contributed by atoms with van der Waals surface area (Å²) in [5, 5.41) is 2.09. The summed E-state index contributed by atoms with van der Waals surface area (Å²) in [5.41, 5.74) is -0.564. The number of aromatic nitrogens is 1. The molecule has 1 heterocycles. The Labute approximate surface area is 160 Å². The van der Waals surface area contributed by atoms with Crippen LogP contribution >= 0.6 is 15.9 Å². The molecule has 4 nitrogen and oxygen atoms in total. The van der Waals surface area contributed by atoms with Crippen LogP contribution in [0.25, 0.3) is 0 Å². The predicted molar refractivity (Wildman–Crippen MR) is 98.2 cm³/mol. The van der Waals surface area contributed by atoms with Gasteiger partial charge in [-0.3, -0.25) is 9.59 Å². The van der Waals surface area contributed by atoms with Crippen molar-refractivity contribution in [1.29, 1.82) is 0 Å². The predicted octanol–water partition coefficient (Wildman–Crippen LogP) is 4.33. The average Bonchev–Trinajstić information content (AvgIpc) is 2.65. The Bertz CT molecular complexity index is 1070. The van der Waals surface area contributed by atoms with E-state index in [4.69, 9.17) is 0 Å². The maximum atomic E-state index is 13.7. The summed E-state index contributed by atoms with van der Waals surface area (Å²) in [4.78, 5) is 24.9. The Morgan fingerprint density at radius 3 is 2.41 bits per heavy atom. The van der Waals surface area contributed by atoms with Crippen LogP contribution in [0, 0.1) is 17.5 Å². The van der Waals surface area contributed by atoms with E-state index >= 15 is 0 Å². The van der Waals surface area contributed by atoms with Crippen LogP contribution in [-0.4, -0.2) is 10.5 Å². The molecule has 0 bridgehead atoms. The zero-order valence-electron chi connectivity index (χ0n) is 13.7. The first kappa shape index (κ1) is 18.9. The van der Waals surface area contributed by atoms with Gasteiger partial charge in [-0.15, -0.1) is 0 Å². The molecule has 0 saturated carbocycles. The molecular weight excluding hydrogens is 425 g/mol. The van der Waals surface area contributed by atoms with E-state index in [1.165, 1.54) is 22.9 Å². The largest absolute Gasteiger partial charge is 0.319 e. The van der Waals surface area contributed by atoms with E-state index in [2.05, 4.69) is 21.2 Å². The Morgan fingerprint density at radius 1 is 1.00 bits per heavy atom. The van der Waals surface area contributed by atoms with Crippen LogP contribution in [0.15, 0.2) is 64.0 Å². The van der Waals surface area contributed by atoms with Gasteiger partial charge >= 0.3 is 0 Å². The fourth-order valence-corrected chi connectivity index (χ4v) is 2.70. The number of hydrogen-bond donors (Lipinski definition) is 1. The number of carbonyl (C=O) groups is 1. The van der Waals surface area contributed by atoms with E-state index in [0.29, 0.717) is 6.07 Å². The van der Waals surface area contributed by atoms with Gasteiger partial charge in [-0.1, -0.05) is 28.1 Å². The minimum Gasteiger partial charge on any atom is -0.319 e. The van der Waals surface area contributed by atoms with Crippen LogP contribution in [0.5, 0.6) is 0 Å². The SMILES string of the molecule is O=C(Nc1ccc(F)c(F)c1F)c1cccn(Cc2ccc(Br)cc2)c1=O. The van der Waals surface area contributed by atoms with Gasteiger partial charge in [0, 0.05) is 10.7 Å². The van der Waals surface area contributed by atoms with Crippen molar-refractivity contribution in [2.45, 2.75) is 6.54 Å². The van der Waals surface area contributed by atoms with E-state index in [1.807, 2.05) is 24.3 Å². The van der Waals surface area contributed by atoms with Crippen molar-refractivity contribution in [3.63, 3.8) is 0 Å². The first-order chi connectivity index (χ1) is 12.9. The number of carbonyl (C=O) groups excluding carboxylic acids is 1. The number of nitrogens with zero attached hydrogens (tertiary/aromatic N) is 1. The molecule has 0 aliphatic carbocycles. The zero-order chi connectivity index (χ0) is 19.6. The van der Waals surface area contributed by atoms with Crippen molar-refractivity contribution in [3.8, 4) is 0 Å². The topological polar surface area (TPSA) is 51.1 Å². The number of halogens is 4. The Kier molecular flexibility index (Phi) is 5.46. The molecule has 0 radical (unpaired) electrons. The molecule has 0 aliphatic rings. The minimum atomic E-state index is -1.70. The number of nitrogens with one attached hydrogen (secondary N) is 1. The Balaban J connectivity index is 1.87. The fraction of sp³-hybridized carbons (Fsp3) is 0.0526. The van der Waals surface area contributed by atoms with Crippen LogP contribution in [0.3, 0.4) is 0 Å². The van der Waals surface area contributed by atoms with Gasteiger partial charge in [0.25, 0.3) is 11.5 Å². The molecule has 138 valence electrons. The maximum Gasteiger partial charge on any atom is 0.263 e. The lowest BCUT2D eigenvalue weighted by molar-refractivity contribution is 0.102. The molecule has 1 aromatic heterocycles. The Hall–Kier alpha value is -2.87. The molecule has 2 aromatic carbocycles. The summed E-state index contributed by atoms with van der Waals surface area (Å²) in [7, 11) is 0. The first-order valence-corrected chi connectivity index (χ1v) is 8.55. The average molecular weight is 437 g/mol. The summed E-state index contributed by atoms with van der Waals surface area (Å²) >= 11 is 3.32. The molecule has 0 aliphatic heterocycles. The van der Waals surface area contributed by atoms with Gasteiger partial charge in [-0.25, -0.2) is 13.2 Å². The number of hydrogen-bond acceptors (Lipinski definition) is 2. The minimum absolute atomic E-state index is 0.229. The lowest BCUT2D eigenvalue weighted by atomic mass is 10.2. The molecule has 1 N–H and O–H groups in total. The molecule has 0 saturated heterocycles. The summed E-state index contributed by atoms with van der Waals surface area (Å²) in [6.07, 6.45) is 1.51. The highest BCUT2D eigenvalue weighted by Crippen LogP contribution is 2.20. The molecule has 0 fully saturated rings. The quantitative estimate of drug-likeness (QED) is 0.618. The number of anilines is 1. The van der Waals surface area contributed by atoms with Gasteiger partial charge in [0.15, 0.2) is 17.5 Å². The molecule has 0 spiro atoms. The number of rotatable bonds is 4. The molecule has 0 atom stereocenters. The van der Waals surface area contributed by atoms with Gasteiger partial charge in [0.1, 0.15) is 5.56 Å². The van der Waals surface area contributed by atoms with Crippen LogP contribution in [0.1, 0.15) is 15.9 Å². The summed E-state index contributed by atoms with van der Waals surface area (Å²) < 4.78 is 42.2. The van der Waals surface area contributed by atoms with Crippen molar-refractivity contribution < 1.29 is 18.0 Å². The summed E-state index contributed by atoms with van der Waals surface area (Å²) in [6, 6.07) is 11.6. The molecule has 3 aromatic rings. The van der Waals surface area contributed by atoms with E-state index in [1.54, 1.807) is 0 Å². The fourth-order valence-electron chi connectivity index (χ4n) is 2.43. The van der Waals surface area contributed by atoms with E-state index < -0.39 is 34.6 Å². The molecule has 0 unspecified atom stereocenters. The van der Waals surface area contributed by atoms with Crippen molar-refractivity contribution in [1.82, 2.24) is 4.57 Å². The third-order valence-electron chi connectivity index (χ3n) is 3.81. The Morgan fingerprint density at radius 2 is 1.70 bits per heavy atom. The van der Waals surface area contributed by atoms with Gasteiger partial charge in [-0.2, -0.15) is 0 Å². The van der Waals surface area contributed by atoms with E-state index in [0.717, 1.165) is 16.1 Å². The third kappa shape index (κ3) is 4.11. The molecule has 27 heavy (non-hydrogen) atoms. The summed E-state index contributed by atoms with van der Waals surface area (Å²) in [5.74, 6) is -5.53. The number of pyridine rings is 1. The third-order valence-corrected chi connectivity index (χ3v) is 4.34. The second-order valence-corrected chi connectivity index (χ2v) is 6.57. The highest BCUT2D eigenvalue weighted by molar-refractivity contribution is 9.10.